The highest BCUT2D eigenvalue weighted by Crippen LogP contribution is 2.42. The second-order valence-corrected chi connectivity index (χ2v) is 11.1. The predicted molar refractivity (Wildman–Crippen MR) is 144 cm³/mol. The van der Waals surface area contributed by atoms with Gasteiger partial charge in [-0.3, -0.25) is 9.78 Å². The molecule has 1 aliphatic heterocycles. The number of rotatable bonds is 4. The molecule has 8 heteroatoms. The first kappa shape index (κ1) is 23.0. The maximum absolute atomic E-state index is 13.0. The highest BCUT2D eigenvalue weighted by Gasteiger charge is 2.30. The molecule has 4 aromatic rings. The van der Waals surface area contributed by atoms with E-state index in [0.717, 1.165) is 66.4 Å². The molecule has 1 atom stereocenters. The third kappa shape index (κ3) is 4.34. The van der Waals surface area contributed by atoms with Crippen LogP contribution in [-0.2, 0) is 17.6 Å². The Morgan fingerprint density at radius 2 is 1.94 bits per heavy atom. The molecule has 4 aromatic heterocycles. The lowest BCUT2D eigenvalue weighted by atomic mass is 9.89. The molecule has 36 heavy (non-hydrogen) atoms. The Morgan fingerprint density at radius 3 is 2.72 bits per heavy atom. The fraction of sp³-hybridized carbons (Fsp3) is 0.393. The van der Waals surface area contributed by atoms with Crippen molar-refractivity contribution in [2.24, 2.45) is 11.8 Å². The Hall–Kier alpha value is -3.39. The number of amides is 1. The van der Waals surface area contributed by atoms with Crippen molar-refractivity contribution in [1.82, 2.24) is 19.9 Å². The minimum atomic E-state index is -0.0324. The smallest absolute Gasteiger partial charge is 0.228 e. The number of carbonyl (C=O) groups excluding carboxylic acids is 1. The number of hydrogen-bond donors (Lipinski definition) is 1. The van der Waals surface area contributed by atoms with Crippen molar-refractivity contribution in [3.63, 3.8) is 0 Å². The van der Waals surface area contributed by atoms with E-state index < -0.39 is 0 Å². The summed E-state index contributed by atoms with van der Waals surface area (Å²) in [5.41, 5.74) is 3.35. The Labute approximate surface area is 215 Å². The summed E-state index contributed by atoms with van der Waals surface area (Å²) >= 11 is 1.83. The van der Waals surface area contributed by atoms with Gasteiger partial charge in [0.1, 0.15) is 16.5 Å². The summed E-state index contributed by atoms with van der Waals surface area (Å²) in [5.74, 6) is 3.13. The zero-order chi connectivity index (χ0) is 24.6. The first-order valence-electron chi connectivity index (χ1n) is 12.8. The van der Waals surface area contributed by atoms with Gasteiger partial charge in [0.15, 0.2) is 5.82 Å². The topological polar surface area (TPSA) is 83.9 Å². The lowest BCUT2D eigenvalue weighted by Gasteiger charge is -2.33. The van der Waals surface area contributed by atoms with E-state index >= 15 is 0 Å². The summed E-state index contributed by atoms with van der Waals surface area (Å²) in [6, 6.07) is 7.80. The number of nitrogens with zero attached hydrogens (tertiary/aromatic N) is 5. The minimum absolute atomic E-state index is 0.0324. The van der Waals surface area contributed by atoms with Gasteiger partial charge in [0.2, 0.25) is 5.91 Å². The average Bonchev–Trinajstić information content (AvgIpc) is 3.27. The van der Waals surface area contributed by atoms with Gasteiger partial charge in [-0.25, -0.2) is 15.0 Å². The highest BCUT2D eigenvalue weighted by molar-refractivity contribution is 7.19. The van der Waals surface area contributed by atoms with E-state index in [0.29, 0.717) is 11.7 Å². The van der Waals surface area contributed by atoms with Crippen LogP contribution in [0.3, 0.4) is 0 Å². The number of pyridine rings is 2. The van der Waals surface area contributed by atoms with E-state index in [2.05, 4.69) is 27.1 Å². The zero-order valence-electron chi connectivity index (χ0n) is 20.7. The molecule has 1 saturated heterocycles. The largest absolute Gasteiger partial charge is 0.356 e. The van der Waals surface area contributed by atoms with Crippen LogP contribution in [0.25, 0.3) is 21.6 Å². The molecule has 1 N–H and O–H groups in total. The van der Waals surface area contributed by atoms with E-state index in [9.17, 15) is 4.79 Å². The third-order valence-corrected chi connectivity index (χ3v) is 8.62. The maximum Gasteiger partial charge on any atom is 0.228 e. The van der Waals surface area contributed by atoms with Crippen molar-refractivity contribution in [3.8, 4) is 11.4 Å². The molecule has 1 aliphatic carbocycles. The number of piperidine rings is 1. The molecule has 0 bridgehead atoms. The van der Waals surface area contributed by atoms with Gasteiger partial charge in [-0.05, 0) is 74.3 Å². The molecule has 5 heterocycles. The number of nitrogens with one attached hydrogen (secondary N) is 1. The first-order valence-corrected chi connectivity index (χ1v) is 13.6. The van der Waals surface area contributed by atoms with Crippen molar-refractivity contribution < 1.29 is 4.79 Å². The SMILES string of the molecule is Cc1cccnc1NC(=O)C1CCN(c2nc(-c3cccnc3)nc3sc4c(c23)CC[C@@H](C)C4)CC1. The van der Waals surface area contributed by atoms with E-state index in [4.69, 9.17) is 9.97 Å². The standard InChI is InChI=1S/C28H30N6OS/c1-17-7-8-21-22(15-17)36-28-23(21)26(31-25(33-28)20-6-4-11-29-16-20)34-13-9-19(10-14-34)27(35)32-24-18(2)5-3-12-30-24/h3-6,11-12,16-17,19H,7-10,13-15H2,1-2H3,(H,30,32,35)/t17-/m1/s1. The summed E-state index contributed by atoms with van der Waals surface area (Å²) < 4.78 is 0. The van der Waals surface area contributed by atoms with Crippen LogP contribution >= 0.6 is 11.3 Å². The summed E-state index contributed by atoms with van der Waals surface area (Å²) in [5, 5.41) is 4.26. The van der Waals surface area contributed by atoms with Gasteiger partial charge in [-0.15, -0.1) is 11.3 Å². The summed E-state index contributed by atoms with van der Waals surface area (Å²) in [6.07, 6.45) is 10.3. The Kier molecular flexibility index (Phi) is 6.13. The average molecular weight is 499 g/mol. The molecular weight excluding hydrogens is 468 g/mol. The third-order valence-electron chi connectivity index (χ3n) is 7.47. The number of thiophene rings is 1. The van der Waals surface area contributed by atoms with Gasteiger partial charge in [0.05, 0.1) is 5.39 Å². The van der Waals surface area contributed by atoms with Crippen LogP contribution in [0.4, 0.5) is 11.6 Å². The molecule has 0 saturated carbocycles. The van der Waals surface area contributed by atoms with Crippen molar-refractivity contribution >= 4 is 39.1 Å². The van der Waals surface area contributed by atoms with Crippen LogP contribution in [0.15, 0.2) is 42.9 Å². The van der Waals surface area contributed by atoms with Crippen LogP contribution in [0.5, 0.6) is 0 Å². The van der Waals surface area contributed by atoms with Crippen molar-refractivity contribution in [2.45, 2.75) is 46.0 Å². The van der Waals surface area contributed by atoms with Gasteiger partial charge in [0, 0.05) is 48.0 Å². The second kappa shape index (κ2) is 9.58. The zero-order valence-corrected chi connectivity index (χ0v) is 21.5. The Balaban J connectivity index is 1.30. The van der Waals surface area contributed by atoms with E-state index in [1.54, 1.807) is 12.4 Å². The Bertz CT molecular complexity index is 1410. The molecule has 0 unspecified atom stereocenters. The number of fused-ring (bicyclic) bond motifs is 3. The van der Waals surface area contributed by atoms with Crippen LogP contribution in [0.2, 0.25) is 0 Å². The van der Waals surface area contributed by atoms with Crippen LogP contribution in [0, 0.1) is 18.8 Å². The fourth-order valence-corrected chi connectivity index (χ4v) is 6.74. The van der Waals surface area contributed by atoms with Crippen molar-refractivity contribution in [2.75, 3.05) is 23.3 Å². The summed E-state index contributed by atoms with van der Waals surface area (Å²) in [6.45, 7) is 5.88. The lowest BCUT2D eigenvalue weighted by Crippen LogP contribution is -2.39. The van der Waals surface area contributed by atoms with Crippen molar-refractivity contribution in [1.29, 1.82) is 0 Å². The van der Waals surface area contributed by atoms with Gasteiger partial charge in [-0.1, -0.05) is 13.0 Å². The van der Waals surface area contributed by atoms with Crippen LogP contribution in [0.1, 0.15) is 42.2 Å². The summed E-state index contributed by atoms with van der Waals surface area (Å²) in [4.78, 5) is 36.6. The molecule has 0 radical (unpaired) electrons. The number of anilines is 2. The predicted octanol–water partition coefficient (Wildman–Crippen LogP) is 5.44. The molecule has 2 aliphatic rings. The minimum Gasteiger partial charge on any atom is -0.356 e. The maximum atomic E-state index is 13.0. The molecular formula is C28H30N6OS. The number of aryl methyl sites for hydroxylation is 2. The first-order chi connectivity index (χ1) is 17.6. The molecule has 0 aromatic carbocycles. The Morgan fingerprint density at radius 1 is 1.11 bits per heavy atom. The van der Waals surface area contributed by atoms with Gasteiger partial charge in [0.25, 0.3) is 0 Å². The molecule has 0 spiro atoms. The molecule has 7 nitrogen and oxygen atoms in total. The van der Waals surface area contributed by atoms with E-state index in [-0.39, 0.29) is 11.8 Å². The number of aromatic nitrogens is 4. The van der Waals surface area contributed by atoms with Gasteiger partial charge in [-0.2, -0.15) is 0 Å². The van der Waals surface area contributed by atoms with Gasteiger partial charge >= 0.3 is 0 Å². The highest BCUT2D eigenvalue weighted by atomic mass is 32.1. The second-order valence-electron chi connectivity index (χ2n) is 10.1. The quantitative estimate of drug-likeness (QED) is 0.404. The monoisotopic (exact) mass is 498 g/mol. The van der Waals surface area contributed by atoms with E-state index in [1.165, 1.54) is 22.2 Å². The fourth-order valence-electron chi connectivity index (χ4n) is 5.36. The molecule has 1 amide bonds. The van der Waals surface area contributed by atoms with Crippen LogP contribution < -0.4 is 10.2 Å². The van der Waals surface area contributed by atoms with Gasteiger partial charge < -0.3 is 10.2 Å². The number of carbonyl (C=O) groups is 1. The lowest BCUT2D eigenvalue weighted by molar-refractivity contribution is -0.120. The van der Waals surface area contributed by atoms with E-state index in [1.807, 2.05) is 48.7 Å². The molecule has 1 fully saturated rings. The summed E-state index contributed by atoms with van der Waals surface area (Å²) in [7, 11) is 0. The molecule has 6 rings (SSSR count). The normalized spacial score (nSPS) is 18.3. The van der Waals surface area contributed by atoms with Crippen LogP contribution in [-0.4, -0.2) is 38.9 Å². The molecule has 184 valence electrons. The van der Waals surface area contributed by atoms with Crippen molar-refractivity contribution in [3.05, 3.63) is 58.9 Å². The number of hydrogen-bond acceptors (Lipinski definition) is 7.